The summed E-state index contributed by atoms with van der Waals surface area (Å²) in [7, 11) is 0. The molecule has 7 nitrogen and oxygen atoms in total. The van der Waals surface area contributed by atoms with Gasteiger partial charge in [0.15, 0.2) is 0 Å². The van der Waals surface area contributed by atoms with E-state index >= 15 is 0 Å². The number of rotatable bonds is 2. The molecule has 128 valence electrons. The summed E-state index contributed by atoms with van der Waals surface area (Å²) < 4.78 is 1.75. The van der Waals surface area contributed by atoms with Crippen LogP contribution in [0.1, 0.15) is 34.9 Å². The minimum absolute atomic E-state index is 0.0860. The normalized spacial score (nSPS) is 15.6. The lowest BCUT2D eigenvalue weighted by Crippen LogP contribution is -2.38. The topological polar surface area (TPSA) is 83.4 Å². The van der Waals surface area contributed by atoms with Crippen LogP contribution in [-0.2, 0) is 0 Å². The van der Waals surface area contributed by atoms with E-state index in [-0.39, 0.29) is 17.4 Å². The predicted octanol–water partition coefficient (Wildman–Crippen LogP) is 2.09. The standard InChI is InChI=1S/C17H16ClN5O2/c18-12-1-2-15-21-14(9-23(15)8-12)17(25)22-5-3-11(4-6-22)13-7-16(24)20-10-19-13/h1-2,7-11H,3-6H2,(H,19,20,24). The number of carbonyl (C=O) groups excluding carboxylic acids is 1. The van der Waals surface area contributed by atoms with Gasteiger partial charge in [-0.25, -0.2) is 9.97 Å². The second-order valence-corrected chi connectivity index (χ2v) is 6.58. The lowest BCUT2D eigenvalue weighted by atomic mass is 9.93. The maximum Gasteiger partial charge on any atom is 0.274 e. The molecule has 1 fully saturated rings. The van der Waals surface area contributed by atoms with Crippen molar-refractivity contribution in [1.82, 2.24) is 24.3 Å². The minimum Gasteiger partial charge on any atom is -0.337 e. The molecular weight excluding hydrogens is 342 g/mol. The largest absolute Gasteiger partial charge is 0.337 e. The molecule has 1 saturated heterocycles. The highest BCUT2D eigenvalue weighted by Gasteiger charge is 2.26. The van der Waals surface area contributed by atoms with E-state index in [1.807, 2.05) is 0 Å². The Labute approximate surface area is 148 Å². The second-order valence-electron chi connectivity index (χ2n) is 6.14. The number of aromatic amines is 1. The van der Waals surface area contributed by atoms with Crippen LogP contribution >= 0.6 is 11.6 Å². The summed E-state index contributed by atoms with van der Waals surface area (Å²) in [6.07, 6.45) is 6.42. The van der Waals surface area contributed by atoms with Crippen LogP contribution in [0.2, 0.25) is 5.02 Å². The predicted molar refractivity (Wildman–Crippen MR) is 92.9 cm³/mol. The Balaban J connectivity index is 1.47. The summed E-state index contributed by atoms with van der Waals surface area (Å²) in [5, 5.41) is 0.593. The summed E-state index contributed by atoms with van der Waals surface area (Å²) in [4.78, 5) is 37.1. The molecule has 3 aromatic heterocycles. The van der Waals surface area contributed by atoms with Gasteiger partial charge in [0.1, 0.15) is 11.3 Å². The number of likely N-dealkylation sites (tertiary alicyclic amines) is 1. The molecule has 0 bridgehead atoms. The van der Waals surface area contributed by atoms with E-state index in [0.717, 1.165) is 18.5 Å². The number of amides is 1. The van der Waals surface area contributed by atoms with Gasteiger partial charge in [0.25, 0.3) is 11.5 Å². The second kappa shape index (κ2) is 6.33. The maximum atomic E-state index is 12.7. The van der Waals surface area contributed by atoms with Crippen molar-refractivity contribution >= 4 is 23.2 Å². The number of carbonyl (C=O) groups is 1. The zero-order chi connectivity index (χ0) is 17.4. The van der Waals surface area contributed by atoms with Crippen LogP contribution in [0, 0.1) is 0 Å². The van der Waals surface area contributed by atoms with Crippen molar-refractivity contribution in [3.05, 3.63) is 63.7 Å². The van der Waals surface area contributed by atoms with Gasteiger partial charge >= 0.3 is 0 Å². The Kier molecular flexibility index (Phi) is 4.01. The number of aromatic nitrogens is 4. The number of hydrogen-bond donors (Lipinski definition) is 1. The summed E-state index contributed by atoms with van der Waals surface area (Å²) in [5.74, 6) is 0.114. The van der Waals surface area contributed by atoms with E-state index in [0.29, 0.717) is 29.5 Å². The summed E-state index contributed by atoms with van der Waals surface area (Å²) >= 11 is 5.97. The maximum absolute atomic E-state index is 12.7. The van der Waals surface area contributed by atoms with Gasteiger partial charge in [-0.05, 0) is 25.0 Å². The Hall–Kier alpha value is -2.67. The van der Waals surface area contributed by atoms with Crippen molar-refractivity contribution in [3.8, 4) is 0 Å². The van der Waals surface area contributed by atoms with Gasteiger partial charge in [0.05, 0.1) is 17.0 Å². The van der Waals surface area contributed by atoms with Crippen LogP contribution in [0.15, 0.2) is 41.7 Å². The van der Waals surface area contributed by atoms with E-state index in [1.165, 1.54) is 12.4 Å². The van der Waals surface area contributed by atoms with Crippen molar-refractivity contribution in [1.29, 1.82) is 0 Å². The molecule has 3 aromatic rings. The SMILES string of the molecule is O=C(c1cn2cc(Cl)ccc2n1)N1CCC(c2cc(=O)[nH]cn2)CC1. The van der Waals surface area contributed by atoms with Crippen LogP contribution in [0.5, 0.6) is 0 Å². The van der Waals surface area contributed by atoms with Gasteiger partial charge in [-0.1, -0.05) is 11.6 Å². The molecular formula is C17H16ClN5O2. The zero-order valence-electron chi connectivity index (χ0n) is 13.4. The quantitative estimate of drug-likeness (QED) is 0.761. The van der Waals surface area contributed by atoms with E-state index in [1.54, 1.807) is 33.8 Å². The molecule has 4 rings (SSSR count). The number of nitrogens with zero attached hydrogens (tertiary/aromatic N) is 4. The van der Waals surface area contributed by atoms with E-state index in [9.17, 15) is 9.59 Å². The molecule has 0 unspecified atom stereocenters. The minimum atomic E-state index is -0.146. The summed E-state index contributed by atoms with van der Waals surface area (Å²) in [6.45, 7) is 1.24. The monoisotopic (exact) mass is 357 g/mol. The number of nitrogens with one attached hydrogen (secondary N) is 1. The van der Waals surface area contributed by atoms with E-state index in [2.05, 4.69) is 15.0 Å². The van der Waals surface area contributed by atoms with Crippen LogP contribution in [0.3, 0.4) is 0 Å². The first-order valence-corrected chi connectivity index (χ1v) is 8.46. The van der Waals surface area contributed by atoms with Crippen LogP contribution < -0.4 is 5.56 Å². The van der Waals surface area contributed by atoms with Crippen LogP contribution in [0.25, 0.3) is 5.65 Å². The third-order valence-electron chi connectivity index (χ3n) is 4.53. The smallest absolute Gasteiger partial charge is 0.274 e. The molecule has 1 aliphatic rings. The molecule has 1 aliphatic heterocycles. The molecule has 0 atom stereocenters. The van der Waals surface area contributed by atoms with Crippen LogP contribution in [-0.4, -0.2) is 43.2 Å². The number of imidazole rings is 1. The summed E-state index contributed by atoms with van der Waals surface area (Å²) in [5.41, 5.74) is 1.75. The third kappa shape index (κ3) is 3.15. The first-order chi connectivity index (χ1) is 12.1. The van der Waals surface area contributed by atoms with Gasteiger partial charge in [-0.3, -0.25) is 9.59 Å². The Morgan fingerprint density at radius 2 is 2.04 bits per heavy atom. The number of pyridine rings is 1. The molecule has 25 heavy (non-hydrogen) atoms. The first-order valence-electron chi connectivity index (χ1n) is 8.08. The molecule has 8 heteroatoms. The van der Waals surface area contributed by atoms with Crippen molar-refractivity contribution < 1.29 is 4.79 Å². The van der Waals surface area contributed by atoms with Crippen molar-refractivity contribution in [3.63, 3.8) is 0 Å². The highest BCUT2D eigenvalue weighted by atomic mass is 35.5. The Bertz CT molecular complexity index is 988. The van der Waals surface area contributed by atoms with Gasteiger partial charge in [-0.2, -0.15) is 0 Å². The molecule has 0 aliphatic carbocycles. The number of piperidine rings is 1. The molecule has 0 radical (unpaired) electrons. The fourth-order valence-electron chi connectivity index (χ4n) is 3.22. The lowest BCUT2D eigenvalue weighted by Gasteiger charge is -2.31. The van der Waals surface area contributed by atoms with Crippen LogP contribution in [0.4, 0.5) is 0 Å². The fraction of sp³-hybridized carbons (Fsp3) is 0.294. The number of H-pyrrole nitrogens is 1. The highest BCUT2D eigenvalue weighted by molar-refractivity contribution is 6.30. The summed E-state index contributed by atoms with van der Waals surface area (Å²) in [6, 6.07) is 5.07. The lowest BCUT2D eigenvalue weighted by molar-refractivity contribution is 0.0706. The Morgan fingerprint density at radius 1 is 1.24 bits per heavy atom. The van der Waals surface area contributed by atoms with Crippen molar-refractivity contribution in [2.24, 2.45) is 0 Å². The van der Waals surface area contributed by atoms with Gasteiger partial charge in [0, 0.05) is 37.5 Å². The highest BCUT2D eigenvalue weighted by Crippen LogP contribution is 2.26. The van der Waals surface area contributed by atoms with Gasteiger partial charge < -0.3 is 14.3 Å². The third-order valence-corrected chi connectivity index (χ3v) is 4.76. The van der Waals surface area contributed by atoms with Crippen molar-refractivity contribution in [2.45, 2.75) is 18.8 Å². The average molecular weight is 358 g/mol. The van der Waals surface area contributed by atoms with Crippen molar-refractivity contribution in [2.75, 3.05) is 13.1 Å². The van der Waals surface area contributed by atoms with Gasteiger partial charge in [0.2, 0.25) is 0 Å². The fourth-order valence-corrected chi connectivity index (χ4v) is 3.38. The molecule has 0 aromatic carbocycles. The van der Waals surface area contributed by atoms with E-state index < -0.39 is 0 Å². The first kappa shape index (κ1) is 15.8. The molecule has 4 heterocycles. The van der Waals surface area contributed by atoms with Gasteiger partial charge in [-0.15, -0.1) is 0 Å². The van der Waals surface area contributed by atoms with E-state index in [4.69, 9.17) is 11.6 Å². The number of halogens is 1. The molecule has 1 N–H and O–H groups in total. The number of hydrogen-bond acceptors (Lipinski definition) is 4. The molecule has 0 spiro atoms. The zero-order valence-corrected chi connectivity index (χ0v) is 14.1. The number of fused-ring (bicyclic) bond motifs is 1. The molecule has 1 amide bonds. The molecule has 0 saturated carbocycles. The Morgan fingerprint density at radius 3 is 2.80 bits per heavy atom. The average Bonchev–Trinajstić information content (AvgIpc) is 3.04.